The molecule has 6 bridgehead atoms. The topological polar surface area (TPSA) is 96.0 Å². The average Bonchev–Trinajstić information content (AvgIpc) is 3.39. The van der Waals surface area contributed by atoms with Crippen molar-refractivity contribution in [1.82, 2.24) is 9.80 Å². The summed E-state index contributed by atoms with van der Waals surface area (Å²) in [5.41, 5.74) is 6.21. The van der Waals surface area contributed by atoms with Crippen LogP contribution in [0.1, 0.15) is 77.9 Å². The number of rotatable bonds is 3. The summed E-state index contributed by atoms with van der Waals surface area (Å²) < 4.78 is 36.8. The van der Waals surface area contributed by atoms with Gasteiger partial charge in [0.25, 0.3) is 0 Å². The molecule has 4 unspecified atom stereocenters. The Morgan fingerprint density at radius 1 is 1.07 bits per heavy atom. The van der Waals surface area contributed by atoms with Gasteiger partial charge in [0, 0.05) is 48.4 Å². The molecule has 1 saturated heterocycles. The van der Waals surface area contributed by atoms with Gasteiger partial charge in [0.1, 0.15) is 24.2 Å². The number of carbonyl (C=O) groups excluding carboxylic acids is 2. The molecule has 0 spiro atoms. The number of piperazine rings is 1. The Kier molecular flexibility index (Phi) is 6.77. The molecule has 8 rings (SSSR count). The molecule has 1 fully saturated rings. The van der Waals surface area contributed by atoms with Crippen LogP contribution in [0.3, 0.4) is 0 Å². The molecule has 0 amide bonds. The van der Waals surface area contributed by atoms with Gasteiger partial charge in [-0.2, -0.15) is 0 Å². The summed E-state index contributed by atoms with van der Waals surface area (Å²) in [4.78, 5) is 30.9. The molecule has 0 N–H and O–H groups in total. The van der Waals surface area contributed by atoms with Gasteiger partial charge in [0.05, 0.1) is 31.2 Å². The number of ether oxygens (including phenoxy) is 6. The minimum absolute atomic E-state index is 0.0397. The van der Waals surface area contributed by atoms with Crippen LogP contribution in [0.5, 0.6) is 23.0 Å². The molecule has 2 aromatic rings. The van der Waals surface area contributed by atoms with E-state index < -0.39 is 29.6 Å². The second-order valence-corrected chi connectivity index (χ2v) is 13.0. The van der Waals surface area contributed by atoms with E-state index in [1.165, 1.54) is 18.1 Å². The van der Waals surface area contributed by atoms with Crippen molar-refractivity contribution in [2.24, 2.45) is 5.92 Å². The maximum Gasteiger partial charge on any atom is 0.312 e. The van der Waals surface area contributed by atoms with Crippen molar-refractivity contribution in [2.45, 2.75) is 70.8 Å². The fraction of sp³-hybridized carbons (Fsp3) is 0.529. The first-order valence-corrected chi connectivity index (χ1v) is 15.2. The van der Waals surface area contributed by atoms with Crippen molar-refractivity contribution in [1.29, 1.82) is 0 Å². The summed E-state index contributed by atoms with van der Waals surface area (Å²) >= 11 is 0. The molecule has 6 aliphatic rings. The van der Waals surface area contributed by atoms with Gasteiger partial charge in [-0.15, -0.1) is 0 Å². The van der Waals surface area contributed by atoms with E-state index in [1.54, 1.807) is 14.2 Å². The molecule has 0 saturated carbocycles. The minimum Gasteiger partial charge on any atom is -0.496 e. The second-order valence-electron chi connectivity index (χ2n) is 13.0. The summed E-state index contributed by atoms with van der Waals surface area (Å²) in [6.45, 7) is 10.4. The van der Waals surface area contributed by atoms with Gasteiger partial charge < -0.3 is 28.4 Å². The monoisotopic (exact) mass is 604 g/mol. The number of methoxy groups -OCH3 is 2. The van der Waals surface area contributed by atoms with Crippen LogP contribution in [0.25, 0.3) is 6.08 Å². The molecular formula is C34H40N2O8. The highest BCUT2D eigenvalue weighted by atomic mass is 16.7. The molecule has 7 atom stereocenters. The van der Waals surface area contributed by atoms with E-state index in [2.05, 4.69) is 36.8 Å². The lowest BCUT2D eigenvalue weighted by Crippen LogP contribution is -2.68. The number of fused-ring (bicyclic) bond motifs is 5. The standard InChI is InChI=1S/C34H40N2O8/c1-16-9-10-21-23-20(11-17(2)28(21)39-7)12-34(5)14-35(6)26(23)27-31(40-8)25-24(22(36(27)34)13-41-33(16)38)32-30(42-15-43-32)18(3)29(25)44-19(4)37/h9-11,16,22,26-27,31H,12-15H2,1-8H3/b10-9+/t16-,22+,26?,27?,31-,34?/m1/s1. The first-order chi connectivity index (χ1) is 21.0. The van der Waals surface area contributed by atoms with Crippen molar-refractivity contribution in [3.63, 3.8) is 0 Å². The number of nitrogens with zero attached hydrogens (tertiary/aromatic N) is 2. The van der Waals surface area contributed by atoms with Crippen LogP contribution in [-0.2, 0) is 25.5 Å². The predicted molar refractivity (Wildman–Crippen MR) is 161 cm³/mol. The summed E-state index contributed by atoms with van der Waals surface area (Å²) in [6.07, 6.45) is 4.18. The number of cyclic esters (lactones) is 1. The van der Waals surface area contributed by atoms with Crippen molar-refractivity contribution in [2.75, 3.05) is 41.2 Å². The number of likely N-dealkylation sites (N-methyl/N-ethyl adjacent to an activating group) is 1. The van der Waals surface area contributed by atoms with E-state index >= 15 is 0 Å². The van der Waals surface area contributed by atoms with Crippen molar-refractivity contribution >= 4 is 18.0 Å². The van der Waals surface area contributed by atoms with Gasteiger partial charge in [-0.05, 0) is 57.9 Å². The van der Waals surface area contributed by atoms with Crippen LogP contribution in [-0.4, -0.2) is 74.5 Å². The highest BCUT2D eigenvalue weighted by Crippen LogP contribution is 2.62. The van der Waals surface area contributed by atoms with Crippen molar-refractivity contribution in [3.8, 4) is 23.0 Å². The Hall–Kier alpha value is -3.60. The molecule has 0 radical (unpaired) electrons. The first kappa shape index (κ1) is 29.1. The Labute approximate surface area is 257 Å². The molecule has 6 aliphatic heterocycles. The third kappa shape index (κ3) is 3.96. The lowest BCUT2D eigenvalue weighted by Gasteiger charge is -2.61. The summed E-state index contributed by atoms with van der Waals surface area (Å²) in [5.74, 6) is 1.07. The molecule has 2 aromatic carbocycles. The van der Waals surface area contributed by atoms with E-state index in [4.69, 9.17) is 28.4 Å². The maximum absolute atomic E-state index is 13.5. The van der Waals surface area contributed by atoms with E-state index in [9.17, 15) is 9.59 Å². The summed E-state index contributed by atoms with van der Waals surface area (Å²) in [7, 11) is 5.56. The van der Waals surface area contributed by atoms with Crippen LogP contribution in [0, 0.1) is 19.8 Å². The van der Waals surface area contributed by atoms with Gasteiger partial charge in [0.2, 0.25) is 6.79 Å². The quantitative estimate of drug-likeness (QED) is 0.366. The molecule has 44 heavy (non-hydrogen) atoms. The Balaban J connectivity index is 1.61. The lowest BCUT2D eigenvalue weighted by molar-refractivity contribution is -0.165. The van der Waals surface area contributed by atoms with Gasteiger partial charge in [-0.25, -0.2) is 0 Å². The molecule has 234 valence electrons. The number of carbonyl (C=O) groups is 2. The van der Waals surface area contributed by atoms with E-state index in [-0.39, 0.29) is 31.5 Å². The van der Waals surface area contributed by atoms with E-state index in [0.29, 0.717) is 22.8 Å². The molecule has 6 heterocycles. The molecule has 0 aliphatic carbocycles. The largest absolute Gasteiger partial charge is 0.496 e. The van der Waals surface area contributed by atoms with Crippen molar-refractivity contribution in [3.05, 3.63) is 51.1 Å². The Morgan fingerprint density at radius 2 is 1.82 bits per heavy atom. The highest BCUT2D eigenvalue weighted by molar-refractivity contribution is 5.78. The predicted octanol–water partition coefficient (Wildman–Crippen LogP) is 4.59. The second kappa shape index (κ2) is 10.2. The zero-order valence-corrected chi connectivity index (χ0v) is 26.6. The molecule has 0 aromatic heterocycles. The third-order valence-corrected chi connectivity index (χ3v) is 10.2. The van der Waals surface area contributed by atoms with Crippen LogP contribution < -0.4 is 18.9 Å². The van der Waals surface area contributed by atoms with Crippen LogP contribution in [0.2, 0.25) is 0 Å². The Bertz CT molecular complexity index is 1620. The van der Waals surface area contributed by atoms with E-state index in [1.807, 2.05) is 26.0 Å². The summed E-state index contributed by atoms with van der Waals surface area (Å²) in [6, 6.07) is 1.46. The molecule has 10 heteroatoms. The van der Waals surface area contributed by atoms with Gasteiger partial charge >= 0.3 is 11.9 Å². The highest BCUT2D eigenvalue weighted by Gasteiger charge is 2.61. The SMILES string of the molecule is COc1c(C)cc2c3c1/C=C/[C@@H](C)C(=O)OC[C@H]1c4c5c(c(C)c(OC(C)=O)c4[C@@H](OC)C4C3N(C)CC(C)(C2)N41)OCO5. The number of hydrogen-bond acceptors (Lipinski definition) is 10. The fourth-order valence-electron chi connectivity index (χ4n) is 8.72. The van der Waals surface area contributed by atoms with Crippen LogP contribution in [0.15, 0.2) is 12.1 Å². The average molecular weight is 605 g/mol. The number of hydrogen-bond donors (Lipinski definition) is 0. The zero-order chi connectivity index (χ0) is 31.2. The van der Waals surface area contributed by atoms with Crippen LogP contribution in [0.4, 0.5) is 0 Å². The lowest BCUT2D eigenvalue weighted by atomic mass is 9.74. The summed E-state index contributed by atoms with van der Waals surface area (Å²) in [5, 5.41) is 0. The number of aryl methyl sites for hydroxylation is 1. The number of benzene rings is 2. The smallest absolute Gasteiger partial charge is 0.312 e. The van der Waals surface area contributed by atoms with Gasteiger partial charge in [-0.1, -0.05) is 18.2 Å². The first-order valence-electron chi connectivity index (χ1n) is 15.2. The fourth-order valence-corrected chi connectivity index (χ4v) is 8.72. The zero-order valence-electron chi connectivity index (χ0n) is 26.6. The van der Waals surface area contributed by atoms with Gasteiger partial charge in [0.15, 0.2) is 11.5 Å². The Morgan fingerprint density at radius 3 is 2.52 bits per heavy atom. The van der Waals surface area contributed by atoms with Gasteiger partial charge in [-0.3, -0.25) is 19.4 Å². The molecular weight excluding hydrogens is 564 g/mol. The normalized spacial score (nSPS) is 32.2. The minimum atomic E-state index is -0.525. The molecule has 10 nitrogen and oxygen atoms in total. The number of esters is 2. The maximum atomic E-state index is 13.5. The third-order valence-electron chi connectivity index (χ3n) is 10.2. The van der Waals surface area contributed by atoms with Crippen LogP contribution >= 0.6 is 0 Å². The van der Waals surface area contributed by atoms with E-state index in [0.717, 1.165) is 41.0 Å². The van der Waals surface area contributed by atoms with Crippen molar-refractivity contribution < 1.29 is 38.0 Å².